The Balaban J connectivity index is 1.78. The Labute approximate surface area is 185 Å². The Kier molecular flexibility index (Phi) is 6.31. The fourth-order valence-electron chi connectivity index (χ4n) is 3.70. The lowest BCUT2D eigenvalue weighted by Crippen LogP contribution is -2.45. The molecule has 0 radical (unpaired) electrons. The van der Waals surface area contributed by atoms with E-state index in [2.05, 4.69) is 61.3 Å². The molecule has 2 aromatic rings. The fraction of sp³-hybridized carbons (Fsp3) is 0.304. The van der Waals surface area contributed by atoms with Gasteiger partial charge in [0.05, 0.1) is 15.3 Å². The molecule has 1 amide bonds. The zero-order chi connectivity index (χ0) is 21.2. The number of hydrazone groups is 1. The van der Waals surface area contributed by atoms with Crippen molar-refractivity contribution in [3.05, 3.63) is 62.7 Å². The van der Waals surface area contributed by atoms with Crippen molar-refractivity contribution in [3.63, 3.8) is 0 Å². The molecule has 0 fully saturated rings. The smallest absolute Gasteiger partial charge is 0.271 e. The van der Waals surface area contributed by atoms with Crippen LogP contribution in [0.3, 0.4) is 0 Å². The number of nitrogens with zero attached hydrogens (tertiary/aromatic N) is 2. The van der Waals surface area contributed by atoms with Gasteiger partial charge in [-0.15, -0.1) is 0 Å². The van der Waals surface area contributed by atoms with E-state index < -0.39 is 0 Å². The molecule has 0 spiro atoms. The minimum absolute atomic E-state index is 0.0181. The first-order chi connectivity index (χ1) is 13.7. The molecule has 0 bridgehead atoms. The maximum Gasteiger partial charge on any atom is 0.271 e. The fourth-order valence-corrected chi connectivity index (χ4v) is 4.03. The summed E-state index contributed by atoms with van der Waals surface area (Å²) in [4.78, 5) is 14.6. The number of fused-ring (bicyclic) bond motifs is 1. The van der Waals surface area contributed by atoms with Crippen LogP contribution in [0.5, 0.6) is 5.75 Å². The first-order valence-corrected chi connectivity index (χ1v) is 10.7. The lowest BCUT2D eigenvalue weighted by molar-refractivity contribution is 0.0954. The number of carbonyl (C=O) groups excluding carboxylic acids is 1. The Morgan fingerprint density at radius 1 is 1.28 bits per heavy atom. The average molecular weight is 503 g/mol. The number of halogens is 1. The molecule has 0 aromatic heterocycles. The third kappa shape index (κ3) is 4.63. The molecule has 2 aromatic carbocycles. The zero-order valence-corrected chi connectivity index (χ0v) is 19.3. The van der Waals surface area contributed by atoms with Gasteiger partial charge in [0, 0.05) is 23.4 Å². The summed E-state index contributed by atoms with van der Waals surface area (Å²) in [5, 5.41) is 13.8. The van der Waals surface area contributed by atoms with Gasteiger partial charge in [0.15, 0.2) is 0 Å². The molecule has 5 nitrogen and oxygen atoms in total. The summed E-state index contributed by atoms with van der Waals surface area (Å²) in [6.45, 7) is 9.80. The van der Waals surface area contributed by atoms with Crippen molar-refractivity contribution in [2.45, 2.75) is 39.7 Å². The van der Waals surface area contributed by atoms with Crippen LogP contribution in [0.25, 0.3) is 5.57 Å². The van der Waals surface area contributed by atoms with Crippen LogP contribution in [-0.4, -0.2) is 29.3 Å². The van der Waals surface area contributed by atoms with Gasteiger partial charge in [0.25, 0.3) is 5.91 Å². The van der Waals surface area contributed by atoms with Gasteiger partial charge in [-0.25, -0.2) is 5.43 Å². The number of carbonyl (C=O) groups is 1. The topological polar surface area (TPSA) is 64.9 Å². The molecule has 3 rings (SSSR count). The van der Waals surface area contributed by atoms with Gasteiger partial charge < -0.3 is 10.0 Å². The quantitative estimate of drug-likeness (QED) is 0.336. The van der Waals surface area contributed by atoms with Gasteiger partial charge in [-0.1, -0.05) is 19.1 Å². The molecule has 1 aliphatic heterocycles. The van der Waals surface area contributed by atoms with Crippen LogP contribution in [0.2, 0.25) is 0 Å². The maximum atomic E-state index is 12.2. The number of phenolic OH excluding ortho intramolecular Hbond substituents is 1. The molecule has 2 N–H and O–H groups in total. The highest BCUT2D eigenvalue weighted by atomic mass is 127. The predicted octanol–water partition coefficient (Wildman–Crippen LogP) is 5.17. The summed E-state index contributed by atoms with van der Waals surface area (Å²) >= 11 is 2.01. The number of amides is 1. The Bertz CT molecular complexity index is 996. The van der Waals surface area contributed by atoms with Crippen LogP contribution in [-0.2, 0) is 0 Å². The molecule has 0 saturated carbocycles. The summed E-state index contributed by atoms with van der Waals surface area (Å²) in [6, 6.07) is 11.0. The second kappa shape index (κ2) is 8.57. The number of benzene rings is 2. The molecular weight excluding hydrogens is 477 g/mol. The van der Waals surface area contributed by atoms with E-state index in [9.17, 15) is 9.90 Å². The highest BCUT2D eigenvalue weighted by Gasteiger charge is 2.30. The van der Waals surface area contributed by atoms with Gasteiger partial charge in [0.1, 0.15) is 5.75 Å². The Hall–Kier alpha value is -2.35. The van der Waals surface area contributed by atoms with Crippen LogP contribution >= 0.6 is 22.6 Å². The van der Waals surface area contributed by atoms with E-state index in [1.807, 2.05) is 28.7 Å². The molecule has 29 heavy (non-hydrogen) atoms. The highest BCUT2D eigenvalue weighted by molar-refractivity contribution is 14.1. The molecular formula is C23H26IN3O2. The lowest BCUT2D eigenvalue weighted by atomic mass is 9.88. The minimum atomic E-state index is -0.363. The number of aromatic hydroxyl groups is 1. The first-order valence-electron chi connectivity index (χ1n) is 9.66. The molecule has 0 saturated heterocycles. The third-order valence-electron chi connectivity index (χ3n) is 5.04. The summed E-state index contributed by atoms with van der Waals surface area (Å²) < 4.78 is 0.695. The molecule has 152 valence electrons. The van der Waals surface area contributed by atoms with E-state index in [1.54, 1.807) is 18.3 Å². The van der Waals surface area contributed by atoms with E-state index in [4.69, 9.17) is 0 Å². The largest absolute Gasteiger partial charge is 0.507 e. The van der Waals surface area contributed by atoms with E-state index in [0.29, 0.717) is 9.13 Å². The van der Waals surface area contributed by atoms with E-state index in [1.165, 1.54) is 22.9 Å². The maximum absolute atomic E-state index is 12.2. The number of nitrogens with one attached hydrogen (secondary N) is 1. The molecule has 6 heteroatoms. The lowest BCUT2D eigenvalue weighted by Gasteiger charge is -2.43. The van der Waals surface area contributed by atoms with Crippen LogP contribution in [0.1, 0.15) is 55.6 Å². The van der Waals surface area contributed by atoms with Crippen LogP contribution < -0.4 is 10.3 Å². The van der Waals surface area contributed by atoms with Gasteiger partial charge in [-0.3, -0.25) is 4.79 Å². The van der Waals surface area contributed by atoms with Crippen molar-refractivity contribution in [3.8, 4) is 5.75 Å². The molecule has 0 atom stereocenters. The molecule has 0 aliphatic carbocycles. The molecule has 1 heterocycles. The van der Waals surface area contributed by atoms with Crippen LogP contribution in [0.15, 0.2) is 47.6 Å². The Morgan fingerprint density at radius 2 is 2.03 bits per heavy atom. The summed E-state index contributed by atoms with van der Waals surface area (Å²) in [5.41, 5.74) is 7.44. The first kappa shape index (κ1) is 21.4. The van der Waals surface area contributed by atoms with E-state index in [-0.39, 0.29) is 17.2 Å². The van der Waals surface area contributed by atoms with Crippen LogP contribution in [0.4, 0.5) is 5.69 Å². The van der Waals surface area contributed by atoms with Crippen molar-refractivity contribution in [2.75, 3.05) is 11.4 Å². The van der Waals surface area contributed by atoms with Gasteiger partial charge >= 0.3 is 0 Å². The third-order valence-corrected chi connectivity index (χ3v) is 5.95. The van der Waals surface area contributed by atoms with Gasteiger partial charge in [0.2, 0.25) is 0 Å². The number of anilines is 1. The standard InChI is InChI=1S/C23H26IN3O2/c1-5-10-27-20-9-6-16(11-18(20)15(2)13-23(27,3)4)14-25-26-22(29)17-7-8-19(24)21(28)12-17/h6-9,11-14,28H,5,10H2,1-4H3,(H,26,29)/b25-14-. The number of hydrogen-bond acceptors (Lipinski definition) is 4. The van der Waals surface area contributed by atoms with Crippen molar-refractivity contribution in [1.29, 1.82) is 0 Å². The zero-order valence-electron chi connectivity index (χ0n) is 17.2. The van der Waals surface area contributed by atoms with E-state index in [0.717, 1.165) is 18.5 Å². The minimum Gasteiger partial charge on any atom is -0.507 e. The van der Waals surface area contributed by atoms with Gasteiger partial charge in [-0.2, -0.15) is 5.10 Å². The number of phenols is 1. The normalized spacial score (nSPS) is 15.2. The second-order valence-corrected chi connectivity index (χ2v) is 8.94. The SMILES string of the molecule is CCCN1c2ccc(/C=N\NC(=O)c3ccc(I)c(O)c3)cc2C(C)=CC1(C)C. The summed E-state index contributed by atoms with van der Waals surface area (Å²) in [6.07, 6.45) is 5.03. The molecule has 0 unspecified atom stereocenters. The number of rotatable bonds is 5. The number of hydrogen-bond donors (Lipinski definition) is 2. The predicted molar refractivity (Wildman–Crippen MR) is 128 cm³/mol. The van der Waals surface area contributed by atoms with Crippen molar-refractivity contribution in [1.82, 2.24) is 5.43 Å². The van der Waals surface area contributed by atoms with Crippen molar-refractivity contribution < 1.29 is 9.90 Å². The monoisotopic (exact) mass is 503 g/mol. The highest BCUT2D eigenvalue weighted by Crippen LogP contribution is 2.39. The number of allylic oxidation sites excluding steroid dienone is 1. The van der Waals surface area contributed by atoms with Crippen molar-refractivity contribution in [2.24, 2.45) is 5.10 Å². The van der Waals surface area contributed by atoms with E-state index >= 15 is 0 Å². The van der Waals surface area contributed by atoms with Crippen molar-refractivity contribution >= 4 is 46.0 Å². The Morgan fingerprint density at radius 3 is 2.72 bits per heavy atom. The molecule has 1 aliphatic rings. The van der Waals surface area contributed by atoms with Gasteiger partial charge in [-0.05, 0) is 91.3 Å². The second-order valence-electron chi connectivity index (χ2n) is 7.77. The van der Waals surface area contributed by atoms with Crippen LogP contribution in [0, 0.1) is 3.57 Å². The summed E-state index contributed by atoms with van der Waals surface area (Å²) in [5.74, 6) is -0.281. The summed E-state index contributed by atoms with van der Waals surface area (Å²) in [7, 11) is 0. The average Bonchev–Trinajstić information content (AvgIpc) is 2.67.